The molecule has 2 aromatic rings. The van der Waals surface area contributed by atoms with Crippen molar-refractivity contribution in [3.8, 4) is 0 Å². The summed E-state index contributed by atoms with van der Waals surface area (Å²) >= 11 is 3.34. The Bertz CT molecular complexity index is 646. The van der Waals surface area contributed by atoms with Crippen molar-refractivity contribution in [1.29, 1.82) is 0 Å². The van der Waals surface area contributed by atoms with Gasteiger partial charge in [-0.1, -0.05) is 22.9 Å². The molecule has 1 N–H and O–H groups in total. The van der Waals surface area contributed by atoms with Crippen LogP contribution in [-0.4, -0.2) is 23.9 Å². The average Bonchev–Trinajstić information content (AvgIpc) is 3.04. The molecule has 1 amide bonds. The molecule has 124 valence electrons. The van der Waals surface area contributed by atoms with Gasteiger partial charge in [0.05, 0.1) is 18.8 Å². The van der Waals surface area contributed by atoms with Crippen molar-refractivity contribution in [1.82, 2.24) is 10.2 Å². The number of halogens is 2. The van der Waals surface area contributed by atoms with Crippen LogP contribution >= 0.6 is 15.9 Å². The van der Waals surface area contributed by atoms with Crippen LogP contribution in [0.3, 0.4) is 0 Å². The van der Waals surface area contributed by atoms with E-state index in [1.54, 1.807) is 24.5 Å². The van der Waals surface area contributed by atoms with Crippen LogP contribution in [-0.2, 0) is 11.3 Å². The van der Waals surface area contributed by atoms with Gasteiger partial charge in [0.1, 0.15) is 11.6 Å². The van der Waals surface area contributed by atoms with Crippen LogP contribution in [0.15, 0.2) is 45.5 Å². The topological polar surface area (TPSA) is 45.5 Å². The molecule has 23 heavy (non-hydrogen) atoms. The van der Waals surface area contributed by atoms with E-state index in [4.69, 9.17) is 4.42 Å². The highest BCUT2D eigenvalue weighted by atomic mass is 79.9. The first-order chi connectivity index (χ1) is 11.0. The Labute approximate surface area is 143 Å². The van der Waals surface area contributed by atoms with Gasteiger partial charge in [0.25, 0.3) is 0 Å². The highest BCUT2D eigenvalue weighted by Crippen LogP contribution is 2.17. The van der Waals surface area contributed by atoms with E-state index in [1.807, 2.05) is 24.8 Å². The molecule has 0 saturated heterocycles. The monoisotopic (exact) mass is 382 g/mol. The zero-order chi connectivity index (χ0) is 16.8. The molecule has 0 aliphatic heterocycles. The van der Waals surface area contributed by atoms with Gasteiger partial charge >= 0.3 is 0 Å². The fourth-order valence-electron chi connectivity index (χ4n) is 2.28. The number of benzene rings is 1. The third-order valence-electron chi connectivity index (χ3n) is 3.56. The number of carbonyl (C=O) groups is 1. The predicted molar refractivity (Wildman–Crippen MR) is 90.3 cm³/mol. The first-order valence-corrected chi connectivity index (χ1v) is 8.28. The molecular formula is C17H20BrFN2O2. The molecule has 4 nitrogen and oxygen atoms in total. The lowest BCUT2D eigenvalue weighted by Crippen LogP contribution is -2.38. The molecule has 1 unspecified atom stereocenters. The fourth-order valence-corrected chi connectivity index (χ4v) is 2.69. The fraction of sp³-hybridized carbons (Fsp3) is 0.353. The summed E-state index contributed by atoms with van der Waals surface area (Å²) in [5.41, 5.74) is 0.563. The van der Waals surface area contributed by atoms with E-state index in [9.17, 15) is 9.18 Å². The van der Waals surface area contributed by atoms with Gasteiger partial charge < -0.3 is 9.73 Å². The van der Waals surface area contributed by atoms with Crippen molar-refractivity contribution < 1.29 is 13.6 Å². The normalized spacial score (nSPS) is 12.4. The summed E-state index contributed by atoms with van der Waals surface area (Å²) in [5.74, 6) is 0.321. The van der Waals surface area contributed by atoms with Gasteiger partial charge in [0.15, 0.2) is 0 Å². The van der Waals surface area contributed by atoms with Crippen molar-refractivity contribution in [3.63, 3.8) is 0 Å². The standard InChI is InChI=1S/C17H20BrFN2O2/c1-3-21(10-13-9-14(18)6-7-15(13)19)11-17(22)20-12(2)16-5-4-8-23-16/h4-9,12H,3,10-11H2,1-2H3,(H,20,22). The second-order valence-corrected chi connectivity index (χ2v) is 6.26. The summed E-state index contributed by atoms with van der Waals surface area (Å²) in [5, 5.41) is 2.88. The Morgan fingerprint density at radius 3 is 2.87 bits per heavy atom. The number of likely N-dealkylation sites (N-methyl/N-ethyl adjacent to an activating group) is 1. The Morgan fingerprint density at radius 2 is 2.22 bits per heavy atom. The second-order valence-electron chi connectivity index (χ2n) is 5.34. The van der Waals surface area contributed by atoms with Gasteiger partial charge in [0.2, 0.25) is 5.91 Å². The van der Waals surface area contributed by atoms with E-state index >= 15 is 0 Å². The summed E-state index contributed by atoms with van der Waals surface area (Å²) in [6, 6.07) is 8.23. The number of nitrogens with zero attached hydrogens (tertiary/aromatic N) is 1. The molecule has 0 aliphatic rings. The van der Waals surface area contributed by atoms with Crippen LogP contribution in [0, 0.1) is 5.82 Å². The molecule has 0 saturated carbocycles. The molecule has 1 heterocycles. The average molecular weight is 383 g/mol. The van der Waals surface area contributed by atoms with E-state index in [2.05, 4.69) is 21.2 Å². The molecule has 1 atom stereocenters. The number of rotatable bonds is 7. The summed E-state index contributed by atoms with van der Waals surface area (Å²) < 4.78 is 19.9. The zero-order valence-electron chi connectivity index (χ0n) is 13.2. The molecular weight excluding hydrogens is 363 g/mol. The van der Waals surface area contributed by atoms with Crippen LogP contribution in [0.2, 0.25) is 0 Å². The van der Waals surface area contributed by atoms with Gasteiger partial charge in [0, 0.05) is 16.6 Å². The molecule has 0 bridgehead atoms. The van der Waals surface area contributed by atoms with E-state index in [1.165, 1.54) is 6.07 Å². The van der Waals surface area contributed by atoms with E-state index < -0.39 is 0 Å². The van der Waals surface area contributed by atoms with Crippen molar-refractivity contribution in [2.24, 2.45) is 0 Å². The lowest BCUT2D eigenvalue weighted by atomic mass is 10.2. The van der Waals surface area contributed by atoms with Crippen LogP contribution in [0.5, 0.6) is 0 Å². The lowest BCUT2D eigenvalue weighted by Gasteiger charge is -2.21. The molecule has 2 rings (SSSR count). The summed E-state index contributed by atoms with van der Waals surface area (Å²) in [6.07, 6.45) is 1.58. The quantitative estimate of drug-likeness (QED) is 0.789. The number of hydrogen-bond acceptors (Lipinski definition) is 3. The van der Waals surface area contributed by atoms with Crippen molar-refractivity contribution in [2.75, 3.05) is 13.1 Å². The highest BCUT2D eigenvalue weighted by molar-refractivity contribution is 9.10. The number of amides is 1. The minimum atomic E-state index is -0.268. The molecule has 0 fully saturated rings. The van der Waals surface area contributed by atoms with E-state index in [0.717, 1.165) is 4.47 Å². The van der Waals surface area contributed by atoms with Crippen molar-refractivity contribution in [3.05, 3.63) is 58.2 Å². The molecule has 1 aromatic heterocycles. The predicted octanol–water partition coefficient (Wildman–Crippen LogP) is 3.88. The number of furan rings is 1. The third-order valence-corrected chi connectivity index (χ3v) is 4.06. The van der Waals surface area contributed by atoms with Gasteiger partial charge in [-0.05, 0) is 43.8 Å². The zero-order valence-corrected chi connectivity index (χ0v) is 14.8. The van der Waals surface area contributed by atoms with Gasteiger partial charge in [-0.2, -0.15) is 0 Å². The maximum atomic E-state index is 13.8. The van der Waals surface area contributed by atoms with Crippen LogP contribution in [0.25, 0.3) is 0 Å². The van der Waals surface area contributed by atoms with Crippen molar-refractivity contribution >= 4 is 21.8 Å². The van der Waals surface area contributed by atoms with Gasteiger partial charge in [-0.25, -0.2) is 4.39 Å². The summed E-state index contributed by atoms with van der Waals surface area (Å²) in [7, 11) is 0. The number of nitrogens with one attached hydrogen (secondary N) is 1. The molecule has 0 radical (unpaired) electrons. The van der Waals surface area contributed by atoms with Gasteiger partial charge in [-0.15, -0.1) is 0 Å². The molecule has 1 aromatic carbocycles. The SMILES string of the molecule is CCN(CC(=O)NC(C)c1ccco1)Cc1cc(Br)ccc1F. The lowest BCUT2D eigenvalue weighted by molar-refractivity contribution is -0.123. The summed E-state index contributed by atoms with van der Waals surface area (Å²) in [6.45, 7) is 5.03. The van der Waals surface area contributed by atoms with Crippen LogP contribution < -0.4 is 5.32 Å². The maximum absolute atomic E-state index is 13.8. The minimum Gasteiger partial charge on any atom is -0.467 e. The largest absolute Gasteiger partial charge is 0.467 e. The van der Waals surface area contributed by atoms with E-state index in [0.29, 0.717) is 24.4 Å². The van der Waals surface area contributed by atoms with Gasteiger partial charge in [-0.3, -0.25) is 9.69 Å². The Kier molecular flexibility index (Phi) is 6.36. The number of carbonyl (C=O) groups excluding carboxylic acids is 1. The van der Waals surface area contributed by atoms with Crippen LogP contribution in [0.1, 0.15) is 31.2 Å². The highest BCUT2D eigenvalue weighted by Gasteiger charge is 2.16. The first kappa shape index (κ1) is 17.7. The number of hydrogen-bond donors (Lipinski definition) is 1. The first-order valence-electron chi connectivity index (χ1n) is 7.48. The maximum Gasteiger partial charge on any atom is 0.234 e. The minimum absolute atomic E-state index is 0.119. The Morgan fingerprint density at radius 1 is 1.43 bits per heavy atom. The van der Waals surface area contributed by atoms with E-state index in [-0.39, 0.29) is 24.3 Å². The molecule has 0 spiro atoms. The third kappa shape index (κ3) is 5.18. The summed E-state index contributed by atoms with van der Waals surface area (Å²) in [4.78, 5) is 14.0. The second kappa shape index (κ2) is 8.26. The van der Waals surface area contributed by atoms with Crippen LogP contribution in [0.4, 0.5) is 4.39 Å². The van der Waals surface area contributed by atoms with Crippen molar-refractivity contribution in [2.45, 2.75) is 26.4 Å². The molecule has 0 aliphatic carbocycles. The Balaban J connectivity index is 1.93. The molecule has 6 heteroatoms. The Hall–Kier alpha value is -1.66. The smallest absolute Gasteiger partial charge is 0.234 e.